The lowest BCUT2D eigenvalue weighted by Gasteiger charge is -2.35. The van der Waals surface area contributed by atoms with E-state index in [-0.39, 0.29) is 31.6 Å². The SMILES string of the molecule is CCCC(NC(=O)C1C[C@@H](OCc2ccccc2)CN1C(=O)C(NC(=O)c1ccccc1C(F)(F)F)C1CCCCC1)C(=O)C(=O)NCC(=O)NC(C(=O)O)c1ccccc1. The largest absolute Gasteiger partial charge is 0.479 e. The van der Waals surface area contributed by atoms with Crippen LogP contribution in [-0.2, 0) is 46.3 Å². The van der Waals surface area contributed by atoms with Crippen LogP contribution in [0, 0.1) is 5.92 Å². The van der Waals surface area contributed by atoms with Gasteiger partial charge in [0.1, 0.15) is 12.1 Å². The van der Waals surface area contributed by atoms with Gasteiger partial charge in [0, 0.05) is 13.0 Å². The fourth-order valence-corrected chi connectivity index (χ4v) is 7.75. The predicted molar refractivity (Wildman–Crippen MR) is 214 cm³/mol. The molecule has 0 aromatic heterocycles. The van der Waals surface area contributed by atoms with E-state index in [1.165, 1.54) is 23.1 Å². The van der Waals surface area contributed by atoms with Crippen molar-refractivity contribution in [2.45, 2.75) is 101 Å². The number of nitrogens with zero attached hydrogens (tertiary/aromatic N) is 1. The third kappa shape index (κ3) is 12.5. The number of carboxylic acid groups (broad SMARTS) is 1. The quantitative estimate of drug-likeness (QED) is 0.115. The highest BCUT2D eigenvalue weighted by Gasteiger charge is 2.46. The molecule has 0 spiro atoms. The number of carbonyl (C=O) groups excluding carboxylic acids is 6. The Labute approximate surface area is 351 Å². The fourth-order valence-electron chi connectivity index (χ4n) is 7.75. The van der Waals surface area contributed by atoms with E-state index in [4.69, 9.17) is 4.74 Å². The molecule has 1 aliphatic heterocycles. The van der Waals surface area contributed by atoms with E-state index < -0.39 is 101 Å². The van der Waals surface area contributed by atoms with Crippen molar-refractivity contribution in [2.75, 3.05) is 13.1 Å². The second-order valence-corrected chi connectivity index (χ2v) is 15.2. The summed E-state index contributed by atoms with van der Waals surface area (Å²) in [5, 5.41) is 19.3. The Morgan fingerprint density at radius 1 is 0.836 bits per heavy atom. The second-order valence-electron chi connectivity index (χ2n) is 15.2. The van der Waals surface area contributed by atoms with E-state index in [0.29, 0.717) is 32.1 Å². The summed E-state index contributed by atoms with van der Waals surface area (Å²) >= 11 is 0. The van der Waals surface area contributed by atoms with Gasteiger partial charge in [-0.25, -0.2) is 4.79 Å². The lowest BCUT2D eigenvalue weighted by molar-refractivity contribution is -0.144. The van der Waals surface area contributed by atoms with Crippen molar-refractivity contribution in [1.29, 1.82) is 0 Å². The first-order valence-electron chi connectivity index (χ1n) is 20.3. The van der Waals surface area contributed by atoms with Crippen molar-refractivity contribution < 1.29 is 56.6 Å². The number of benzene rings is 3. The molecule has 5 atom stereocenters. The number of carboxylic acids is 1. The lowest BCUT2D eigenvalue weighted by atomic mass is 9.83. The van der Waals surface area contributed by atoms with Crippen LogP contribution in [0.15, 0.2) is 84.9 Å². The molecule has 1 heterocycles. The molecule has 5 N–H and O–H groups in total. The molecule has 0 bridgehead atoms. The number of amides is 5. The third-order valence-corrected chi connectivity index (χ3v) is 10.9. The summed E-state index contributed by atoms with van der Waals surface area (Å²) in [4.78, 5) is 94.7. The highest BCUT2D eigenvalue weighted by molar-refractivity contribution is 6.38. The van der Waals surface area contributed by atoms with Crippen LogP contribution < -0.4 is 21.3 Å². The molecule has 2 fully saturated rings. The van der Waals surface area contributed by atoms with E-state index in [9.17, 15) is 51.8 Å². The summed E-state index contributed by atoms with van der Waals surface area (Å²) in [6, 6.07) is 15.9. The molecule has 1 saturated heterocycles. The topological polar surface area (TPSA) is 200 Å². The zero-order valence-electron chi connectivity index (χ0n) is 33.6. The van der Waals surface area contributed by atoms with Crippen LogP contribution in [0.5, 0.6) is 0 Å². The van der Waals surface area contributed by atoms with Gasteiger partial charge in [-0.2, -0.15) is 13.2 Å². The van der Waals surface area contributed by atoms with Crippen LogP contribution in [0.25, 0.3) is 0 Å². The maximum absolute atomic E-state index is 14.7. The summed E-state index contributed by atoms with van der Waals surface area (Å²) < 4.78 is 48.0. The smallest absolute Gasteiger partial charge is 0.417 e. The highest BCUT2D eigenvalue weighted by Crippen LogP contribution is 2.34. The zero-order chi connectivity index (χ0) is 44.1. The minimum Gasteiger partial charge on any atom is -0.479 e. The Morgan fingerprint density at radius 3 is 2.11 bits per heavy atom. The van der Waals surface area contributed by atoms with Crippen molar-refractivity contribution in [3.8, 4) is 0 Å². The molecule has 1 saturated carbocycles. The van der Waals surface area contributed by atoms with Gasteiger partial charge in [0.15, 0.2) is 6.04 Å². The van der Waals surface area contributed by atoms with Gasteiger partial charge in [-0.1, -0.05) is 105 Å². The number of halogens is 3. The molecule has 3 aromatic carbocycles. The van der Waals surface area contributed by atoms with E-state index >= 15 is 0 Å². The molecule has 61 heavy (non-hydrogen) atoms. The number of hydrogen-bond acceptors (Lipinski definition) is 8. The summed E-state index contributed by atoms with van der Waals surface area (Å²) in [7, 11) is 0. The summed E-state index contributed by atoms with van der Waals surface area (Å²) in [5.74, 6) is -7.61. The van der Waals surface area contributed by atoms with E-state index in [2.05, 4.69) is 21.3 Å². The van der Waals surface area contributed by atoms with E-state index in [1.807, 2.05) is 30.3 Å². The Balaban J connectivity index is 1.34. The normalized spacial score (nSPS) is 18.3. The van der Waals surface area contributed by atoms with Crippen LogP contribution in [0.1, 0.15) is 91.4 Å². The maximum atomic E-state index is 14.7. The van der Waals surface area contributed by atoms with Gasteiger partial charge in [0.25, 0.3) is 11.8 Å². The molecule has 0 radical (unpaired) electrons. The van der Waals surface area contributed by atoms with Gasteiger partial charge in [-0.3, -0.25) is 28.8 Å². The third-order valence-electron chi connectivity index (χ3n) is 10.9. The lowest BCUT2D eigenvalue weighted by Crippen LogP contribution is -2.58. The zero-order valence-corrected chi connectivity index (χ0v) is 33.6. The number of rotatable bonds is 18. The second kappa shape index (κ2) is 21.4. The number of hydrogen-bond donors (Lipinski definition) is 5. The molecule has 1 aliphatic carbocycles. The van der Waals surface area contributed by atoms with Crippen molar-refractivity contribution in [1.82, 2.24) is 26.2 Å². The van der Waals surface area contributed by atoms with Crippen LogP contribution in [0.3, 0.4) is 0 Å². The fraction of sp³-hybridized carbons (Fsp3) is 0.432. The predicted octanol–water partition coefficient (Wildman–Crippen LogP) is 4.48. The molecule has 326 valence electrons. The number of ether oxygens (including phenoxy) is 1. The molecular formula is C44H50F3N5O9. The van der Waals surface area contributed by atoms with Gasteiger partial charge < -0.3 is 36.0 Å². The van der Waals surface area contributed by atoms with E-state index in [1.54, 1.807) is 25.1 Å². The van der Waals surface area contributed by atoms with Gasteiger partial charge >= 0.3 is 12.1 Å². The highest BCUT2D eigenvalue weighted by atomic mass is 19.4. The Kier molecular flexibility index (Phi) is 16.1. The number of nitrogens with one attached hydrogen (secondary N) is 4. The molecule has 5 amide bonds. The van der Waals surface area contributed by atoms with Gasteiger partial charge in [0.05, 0.1) is 36.4 Å². The Morgan fingerprint density at radius 2 is 1.48 bits per heavy atom. The van der Waals surface area contributed by atoms with Crippen LogP contribution in [0.4, 0.5) is 13.2 Å². The number of aliphatic carboxylic acids is 1. The first kappa shape index (κ1) is 46.0. The van der Waals surface area contributed by atoms with Gasteiger partial charge in [-0.15, -0.1) is 0 Å². The first-order valence-corrected chi connectivity index (χ1v) is 20.3. The molecule has 14 nitrogen and oxygen atoms in total. The Hall–Kier alpha value is -6.10. The molecule has 2 aliphatic rings. The Bertz CT molecular complexity index is 2030. The molecule has 3 aromatic rings. The number of carbonyl (C=O) groups is 7. The van der Waals surface area contributed by atoms with Crippen LogP contribution in [-0.4, -0.2) is 88.6 Å². The number of alkyl halides is 3. The average Bonchev–Trinajstić information content (AvgIpc) is 3.70. The molecule has 4 unspecified atom stereocenters. The molecule has 5 rings (SSSR count). The summed E-state index contributed by atoms with van der Waals surface area (Å²) in [5.41, 5.74) is -0.722. The number of Topliss-reactive ketones (excluding diaryl/α,β-unsaturated/α-hetero) is 1. The first-order chi connectivity index (χ1) is 29.2. The minimum atomic E-state index is -4.85. The summed E-state index contributed by atoms with van der Waals surface area (Å²) in [6.45, 7) is 0.966. The monoisotopic (exact) mass is 849 g/mol. The minimum absolute atomic E-state index is 0.00669. The maximum Gasteiger partial charge on any atom is 0.417 e. The van der Waals surface area contributed by atoms with E-state index in [0.717, 1.165) is 30.2 Å². The van der Waals surface area contributed by atoms with Crippen molar-refractivity contribution >= 4 is 41.3 Å². The molecular weight excluding hydrogens is 800 g/mol. The molecule has 17 heteroatoms. The van der Waals surface area contributed by atoms with Crippen molar-refractivity contribution in [2.24, 2.45) is 5.92 Å². The average molecular weight is 850 g/mol. The van der Waals surface area contributed by atoms with Crippen molar-refractivity contribution in [3.05, 3.63) is 107 Å². The van der Waals surface area contributed by atoms with Gasteiger partial charge in [0.2, 0.25) is 23.5 Å². The number of ketones is 1. The van der Waals surface area contributed by atoms with Gasteiger partial charge in [-0.05, 0) is 48.4 Å². The van der Waals surface area contributed by atoms with Crippen LogP contribution in [0.2, 0.25) is 0 Å². The van der Waals surface area contributed by atoms with Crippen molar-refractivity contribution in [3.63, 3.8) is 0 Å². The standard InChI is InChI=1S/C44H50F3N5O9/c1-2-14-33(38(54)41(57)48-24-35(53)50-37(43(59)60)29-19-10-5-11-20-29)49-40(56)34-23-30(61-26-27-15-6-3-7-16-27)25-52(34)42(58)36(28-17-8-4-9-18-28)51-39(55)31-21-12-13-22-32(31)44(45,46)47/h3,5-7,10-13,15-16,19-22,28,30,33-34,36-37H,2,4,8-9,14,17-18,23-26H2,1H3,(H,48,57)(H,49,56)(H,50,53)(H,51,55)(H,59,60)/t30-,33?,34?,36?,37?/m1/s1. The number of likely N-dealkylation sites (tertiary alicyclic amines) is 1. The summed E-state index contributed by atoms with van der Waals surface area (Å²) in [6.07, 6.45) is -1.98. The van der Waals surface area contributed by atoms with Crippen LogP contribution >= 0.6 is 0 Å².